The van der Waals surface area contributed by atoms with Crippen molar-refractivity contribution in [3.63, 3.8) is 0 Å². The van der Waals surface area contributed by atoms with Crippen LogP contribution in [0.5, 0.6) is 0 Å². The fourth-order valence-electron chi connectivity index (χ4n) is 4.89. The maximum Gasteiger partial charge on any atom is 0.262 e. The highest BCUT2D eigenvalue weighted by molar-refractivity contribution is 6.23. The minimum atomic E-state index is -0.945. The van der Waals surface area contributed by atoms with Gasteiger partial charge < -0.3 is 10.6 Å². The molecule has 8 nitrogen and oxygen atoms in total. The Morgan fingerprint density at radius 1 is 0.844 bits per heavy atom. The number of amides is 4. The molecule has 0 aliphatic carbocycles. The number of nitrogens with two attached hydrogens (primary N) is 1. The summed E-state index contributed by atoms with van der Waals surface area (Å²) in [5, 5.41) is 2.22. The van der Waals surface area contributed by atoms with E-state index in [1.54, 1.807) is 12.1 Å². The van der Waals surface area contributed by atoms with E-state index < -0.39 is 23.8 Å². The number of nitrogens with one attached hydrogen (secondary N) is 1. The third kappa shape index (κ3) is 3.41. The summed E-state index contributed by atoms with van der Waals surface area (Å²) in [7, 11) is 0. The Morgan fingerprint density at radius 2 is 1.53 bits per heavy atom. The fourth-order valence-corrected chi connectivity index (χ4v) is 4.89. The molecule has 2 aromatic carbocycles. The van der Waals surface area contributed by atoms with Crippen LogP contribution in [-0.4, -0.2) is 47.7 Å². The summed E-state index contributed by atoms with van der Waals surface area (Å²) in [6.45, 7) is 1.68. The molecule has 0 radical (unpaired) electrons. The largest absolute Gasteiger partial charge is 0.399 e. The summed E-state index contributed by atoms with van der Waals surface area (Å²) in [5.74, 6) is -1.47. The predicted molar refractivity (Wildman–Crippen MR) is 118 cm³/mol. The third-order valence-corrected chi connectivity index (χ3v) is 6.69. The minimum absolute atomic E-state index is 0.109. The molecule has 1 unspecified atom stereocenters. The van der Waals surface area contributed by atoms with Crippen molar-refractivity contribution >= 4 is 35.0 Å². The van der Waals surface area contributed by atoms with Gasteiger partial charge in [0.05, 0.1) is 11.1 Å². The highest BCUT2D eigenvalue weighted by Crippen LogP contribution is 2.34. The van der Waals surface area contributed by atoms with Gasteiger partial charge in [-0.2, -0.15) is 0 Å². The van der Waals surface area contributed by atoms with Gasteiger partial charge in [0.15, 0.2) is 0 Å². The van der Waals surface area contributed by atoms with E-state index >= 15 is 0 Å². The Hall–Kier alpha value is -3.68. The van der Waals surface area contributed by atoms with Crippen molar-refractivity contribution in [3.8, 4) is 0 Å². The Bertz CT molecular complexity index is 1120. The molecule has 0 spiro atoms. The van der Waals surface area contributed by atoms with Crippen molar-refractivity contribution in [2.45, 2.75) is 37.6 Å². The molecule has 3 N–H and O–H groups in total. The summed E-state index contributed by atoms with van der Waals surface area (Å²) in [6, 6.07) is 12.4. The van der Waals surface area contributed by atoms with Crippen LogP contribution in [-0.2, 0) is 9.59 Å². The predicted octanol–water partition coefficient (Wildman–Crippen LogP) is 2.05. The van der Waals surface area contributed by atoms with Gasteiger partial charge in [0.2, 0.25) is 11.8 Å². The lowest BCUT2D eigenvalue weighted by Gasteiger charge is -2.34. The van der Waals surface area contributed by atoms with Gasteiger partial charge in [-0.05, 0) is 61.1 Å². The highest BCUT2D eigenvalue weighted by Gasteiger charge is 2.44. The molecule has 3 aliphatic rings. The van der Waals surface area contributed by atoms with Crippen molar-refractivity contribution in [1.29, 1.82) is 0 Å². The van der Waals surface area contributed by atoms with Gasteiger partial charge in [-0.3, -0.25) is 29.4 Å². The lowest BCUT2D eigenvalue weighted by molar-refractivity contribution is -0.136. The summed E-state index contributed by atoms with van der Waals surface area (Å²) in [4.78, 5) is 52.8. The monoisotopic (exact) mass is 432 g/mol. The highest BCUT2D eigenvalue weighted by atomic mass is 16.2. The topological polar surface area (TPSA) is 113 Å². The van der Waals surface area contributed by atoms with E-state index in [0.29, 0.717) is 17.0 Å². The van der Waals surface area contributed by atoms with Gasteiger partial charge in [0, 0.05) is 30.9 Å². The molecule has 0 saturated carbocycles. The zero-order chi connectivity index (χ0) is 22.4. The molecule has 1 atom stereocenters. The number of benzene rings is 2. The van der Waals surface area contributed by atoms with E-state index in [4.69, 9.17) is 5.73 Å². The Labute approximate surface area is 185 Å². The average Bonchev–Trinajstić information content (AvgIpc) is 3.04. The van der Waals surface area contributed by atoms with Crippen LogP contribution < -0.4 is 16.0 Å². The number of piperidine rings is 2. The number of anilines is 2. The maximum absolute atomic E-state index is 13.0. The number of carbonyl (C=O) groups is 4. The van der Waals surface area contributed by atoms with Gasteiger partial charge in [0.1, 0.15) is 6.04 Å². The first-order chi connectivity index (χ1) is 15.4. The summed E-state index contributed by atoms with van der Waals surface area (Å²) >= 11 is 0. The fraction of sp³-hybridized carbons (Fsp3) is 0.333. The molecule has 0 bridgehead atoms. The van der Waals surface area contributed by atoms with Crippen LogP contribution >= 0.6 is 0 Å². The zero-order valence-electron chi connectivity index (χ0n) is 17.5. The van der Waals surface area contributed by atoms with Crippen LogP contribution in [0.3, 0.4) is 0 Å². The molecule has 2 saturated heterocycles. The van der Waals surface area contributed by atoms with Gasteiger partial charge in [-0.1, -0.05) is 12.1 Å². The van der Waals surface area contributed by atoms with Crippen LogP contribution in [0.15, 0.2) is 42.5 Å². The molecule has 32 heavy (non-hydrogen) atoms. The molecule has 4 amide bonds. The third-order valence-electron chi connectivity index (χ3n) is 6.69. The number of hydrogen-bond donors (Lipinski definition) is 2. The van der Waals surface area contributed by atoms with E-state index in [2.05, 4.69) is 22.3 Å². The molecule has 2 fully saturated rings. The smallest absolute Gasteiger partial charge is 0.262 e. The van der Waals surface area contributed by atoms with Gasteiger partial charge >= 0.3 is 0 Å². The van der Waals surface area contributed by atoms with E-state index in [-0.39, 0.29) is 18.7 Å². The number of carbonyl (C=O) groups excluding carboxylic acids is 4. The first-order valence-corrected chi connectivity index (χ1v) is 10.9. The number of rotatable bonds is 3. The lowest BCUT2D eigenvalue weighted by Crippen LogP contribution is -2.54. The molecule has 8 heteroatoms. The first-order valence-electron chi connectivity index (χ1n) is 10.9. The first kappa shape index (κ1) is 20.2. The molecular formula is C24H24N4O4. The Kier molecular flexibility index (Phi) is 4.92. The van der Waals surface area contributed by atoms with Gasteiger partial charge in [0.25, 0.3) is 11.8 Å². The van der Waals surface area contributed by atoms with Gasteiger partial charge in [-0.15, -0.1) is 0 Å². The summed E-state index contributed by atoms with van der Waals surface area (Å²) < 4.78 is 0. The van der Waals surface area contributed by atoms with Crippen molar-refractivity contribution in [3.05, 3.63) is 59.2 Å². The molecule has 0 aromatic heterocycles. The number of nitrogens with zero attached hydrogens (tertiary/aromatic N) is 2. The zero-order valence-corrected chi connectivity index (χ0v) is 17.5. The molecule has 164 valence electrons. The van der Waals surface area contributed by atoms with Crippen LogP contribution in [0.25, 0.3) is 0 Å². The molecule has 2 aromatic rings. The molecule has 3 aliphatic heterocycles. The van der Waals surface area contributed by atoms with Crippen LogP contribution in [0.4, 0.5) is 11.4 Å². The number of hydrogen-bond acceptors (Lipinski definition) is 6. The Morgan fingerprint density at radius 3 is 2.22 bits per heavy atom. The van der Waals surface area contributed by atoms with Gasteiger partial charge in [-0.25, -0.2) is 0 Å². The van der Waals surface area contributed by atoms with E-state index in [9.17, 15) is 19.2 Å². The minimum Gasteiger partial charge on any atom is -0.399 e. The van der Waals surface area contributed by atoms with Crippen molar-refractivity contribution in [2.75, 3.05) is 23.7 Å². The number of fused-ring (bicyclic) bond motifs is 1. The second-order valence-electron chi connectivity index (χ2n) is 8.61. The second kappa shape index (κ2) is 7.78. The molecular weight excluding hydrogens is 408 g/mol. The van der Waals surface area contributed by atoms with Crippen molar-refractivity contribution in [2.24, 2.45) is 0 Å². The van der Waals surface area contributed by atoms with E-state index in [1.165, 1.54) is 5.56 Å². The summed E-state index contributed by atoms with van der Waals surface area (Å²) in [5.41, 5.74) is 9.35. The second-order valence-corrected chi connectivity index (χ2v) is 8.61. The molecule has 3 heterocycles. The van der Waals surface area contributed by atoms with E-state index in [1.807, 2.05) is 18.2 Å². The van der Waals surface area contributed by atoms with Crippen LogP contribution in [0, 0.1) is 0 Å². The maximum atomic E-state index is 13.0. The van der Waals surface area contributed by atoms with Crippen LogP contribution in [0.2, 0.25) is 0 Å². The lowest BCUT2D eigenvalue weighted by atomic mass is 9.89. The normalized spacial score (nSPS) is 21.7. The summed E-state index contributed by atoms with van der Waals surface area (Å²) in [6.07, 6.45) is 2.23. The van der Waals surface area contributed by atoms with Crippen LogP contribution in [0.1, 0.15) is 57.9 Å². The quantitative estimate of drug-likeness (QED) is 0.567. The van der Waals surface area contributed by atoms with Crippen molar-refractivity contribution in [1.82, 2.24) is 10.2 Å². The van der Waals surface area contributed by atoms with E-state index in [0.717, 1.165) is 42.2 Å². The number of nitrogen functional groups attached to an aromatic ring is 1. The SMILES string of the molecule is Nc1ccc(C2CCN(c3ccc4c(c3)C(=O)N(C3CCC(=O)NC3=O)C4=O)CC2)cc1. The van der Waals surface area contributed by atoms with Crippen molar-refractivity contribution < 1.29 is 19.2 Å². The average molecular weight is 432 g/mol. The Balaban J connectivity index is 1.31. The molecule has 5 rings (SSSR count). The standard InChI is InChI=1S/C24H24N4O4/c25-16-3-1-14(2-4-16)15-9-11-27(12-10-15)17-5-6-18-19(13-17)24(32)28(23(18)31)20-7-8-21(29)26-22(20)30/h1-6,13,15,20H,7-12,25H2,(H,26,29,30). The number of imide groups is 2.